The van der Waals surface area contributed by atoms with Crippen LogP contribution in [0.25, 0.3) is 0 Å². The van der Waals surface area contributed by atoms with Gasteiger partial charge in [-0.25, -0.2) is 4.99 Å². The Kier molecular flexibility index (Phi) is 10.4. The lowest BCUT2D eigenvalue weighted by Gasteiger charge is -2.34. The van der Waals surface area contributed by atoms with Gasteiger partial charge in [0.2, 0.25) is 0 Å². The number of benzene rings is 1. The molecule has 0 saturated carbocycles. The normalized spacial score (nSPS) is 17.6. The number of guanidine groups is 1. The van der Waals surface area contributed by atoms with Gasteiger partial charge in [-0.15, -0.1) is 0 Å². The highest BCUT2D eigenvalue weighted by molar-refractivity contribution is 5.79. The van der Waals surface area contributed by atoms with Crippen LogP contribution in [-0.2, 0) is 11.3 Å². The van der Waals surface area contributed by atoms with Gasteiger partial charge in [0.1, 0.15) is 5.75 Å². The Hall–Kier alpha value is -1.83. The molecule has 0 aromatic heterocycles. The van der Waals surface area contributed by atoms with Gasteiger partial charge in [-0.05, 0) is 32.3 Å². The molecule has 3 N–H and O–H groups in total. The van der Waals surface area contributed by atoms with E-state index in [1.54, 1.807) is 0 Å². The van der Waals surface area contributed by atoms with Gasteiger partial charge in [0, 0.05) is 38.3 Å². The molecule has 1 unspecified atom stereocenters. The molecule has 1 aliphatic rings. The summed E-state index contributed by atoms with van der Waals surface area (Å²) in [5, 5.41) is 17.4. The second-order valence-electron chi connectivity index (χ2n) is 8.57. The zero-order valence-electron chi connectivity index (χ0n) is 19.1. The molecular weight excluding hydrogens is 380 g/mol. The molecule has 2 rings (SSSR count). The third-order valence-electron chi connectivity index (χ3n) is 4.98. The molecule has 0 bridgehead atoms. The third-order valence-corrected chi connectivity index (χ3v) is 4.98. The van der Waals surface area contributed by atoms with E-state index in [1.165, 1.54) is 0 Å². The van der Waals surface area contributed by atoms with Crippen LogP contribution >= 0.6 is 0 Å². The SMILES string of the molecule is CCNC(=NCc1ccccc1OCCC(C)C)NCC(C)(O)CN1CCOCC1. The topological polar surface area (TPSA) is 78.4 Å². The number of β-amino-alcohol motifs (C(OH)–C–C–N with tert-alkyl or cyclic N) is 1. The summed E-state index contributed by atoms with van der Waals surface area (Å²) in [5.41, 5.74) is 0.198. The van der Waals surface area contributed by atoms with E-state index in [1.807, 2.05) is 38.1 Å². The molecule has 1 aliphatic heterocycles. The van der Waals surface area contributed by atoms with Crippen LogP contribution < -0.4 is 15.4 Å². The first-order valence-corrected chi connectivity index (χ1v) is 11.1. The smallest absolute Gasteiger partial charge is 0.191 e. The Labute approximate surface area is 181 Å². The van der Waals surface area contributed by atoms with Crippen molar-refractivity contribution in [3.05, 3.63) is 29.8 Å². The van der Waals surface area contributed by atoms with Gasteiger partial charge in [-0.1, -0.05) is 32.0 Å². The lowest BCUT2D eigenvalue weighted by Crippen LogP contribution is -2.52. The van der Waals surface area contributed by atoms with Gasteiger partial charge in [0.15, 0.2) is 5.96 Å². The predicted molar refractivity (Wildman–Crippen MR) is 122 cm³/mol. The van der Waals surface area contributed by atoms with Gasteiger partial charge < -0.3 is 25.2 Å². The van der Waals surface area contributed by atoms with Crippen LogP contribution in [0.2, 0.25) is 0 Å². The first kappa shape index (κ1) is 24.4. The Morgan fingerprint density at radius 1 is 1.27 bits per heavy atom. The molecule has 0 spiro atoms. The molecule has 1 aromatic carbocycles. The van der Waals surface area contributed by atoms with E-state index >= 15 is 0 Å². The van der Waals surface area contributed by atoms with Crippen LogP contribution in [0.5, 0.6) is 5.75 Å². The summed E-state index contributed by atoms with van der Waals surface area (Å²) in [7, 11) is 0. The number of nitrogens with one attached hydrogen (secondary N) is 2. The van der Waals surface area contributed by atoms with Crippen molar-refractivity contribution in [1.82, 2.24) is 15.5 Å². The summed E-state index contributed by atoms with van der Waals surface area (Å²) in [6.45, 7) is 14.5. The van der Waals surface area contributed by atoms with Crippen LogP contribution in [0.4, 0.5) is 0 Å². The number of aliphatic imine (C=N–C) groups is 1. The van der Waals surface area contributed by atoms with E-state index in [-0.39, 0.29) is 0 Å². The van der Waals surface area contributed by atoms with Crippen molar-refractivity contribution in [3.63, 3.8) is 0 Å². The van der Waals surface area contributed by atoms with Gasteiger partial charge >= 0.3 is 0 Å². The first-order valence-electron chi connectivity index (χ1n) is 11.1. The van der Waals surface area contributed by atoms with Crippen LogP contribution in [0, 0.1) is 5.92 Å². The van der Waals surface area contributed by atoms with Gasteiger partial charge in [0.25, 0.3) is 0 Å². The number of aliphatic hydroxyl groups is 1. The molecule has 1 atom stereocenters. The summed E-state index contributed by atoms with van der Waals surface area (Å²) in [6.07, 6.45) is 1.03. The van der Waals surface area contributed by atoms with E-state index in [0.29, 0.717) is 38.1 Å². The third kappa shape index (κ3) is 9.32. The fourth-order valence-electron chi connectivity index (χ4n) is 3.26. The van der Waals surface area contributed by atoms with E-state index in [4.69, 9.17) is 14.5 Å². The van der Waals surface area contributed by atoms with Crippen molar-refractivity contribution in [3.8, 4) is 5.75 Å². The maximum absolute atomic E-state index is 10.8. The second kappa shape index (κ2) is 12.8. The van der Waals surface area contributed by atoms with Crippen molar-refractivity contribution in [2.45, 2.75) is 46.3 Å². The molecule has 1 saturated heterocycles. The molecule has 0 radical (unpaired) electrons. The molecule has 7 heteroatoms. The average molecular weight is 421 g/mol. The molecule has 1 heterocycles. The second-order valence-corrected chi connectivity index (χ2v) is 8.57. The summed E-state index contributed by atoms with van der Waals surface area (Å²) >= 11 is 0. The maximum Gasteiger partial charge on any atom is 0.191 e. The summed E-state index contributed by atoms with van der Waals surface area (Å²) in [6, 6.07) is 8.04. The standard InChI is InChI=1S/C23H40N4O3/c1-5-24-22(26-17-23(4,28)18-27-11-14-29-15-12-27)25-16-20-8-6-7-9-21(20)30-13-10-19(2)3/h6-9,19,28H,5,10-18H2,1-4H3,(H2,24,25,26). The van der Waals surface area contributed by atoms with Gasteiger partial charge in [-0.2, -0.15) is 0 Å². The molecule has 0 aliphatic carbocycles. The maximum atomic E-state index is 10.8. The van der Waals surface area contributed by atoms with Crippen LogP contribution in [-0.4, -0.2) is 74.1 Å². The van der Waals surface area contributed by atoms with Crippen molar-refractivity contribution in [2.75, 3.05) is 52.5 Å². The fraction of sp³-hybridized carbons (Fsp3) is 0.696. The Morgan fingerprint density at radius 3 is 2.70 bits per heavy atom. The number of hydrogen-bond acceptors (Lipinski definition) is 5. The Bertz CT molecular complexity index is 643. The van der Waals surface area contributed by atoms with Gasteiger partial charge in [0.05, 0.1) is 32.0 Å². The summed E-state index contributed by atoms with van der Waals surface area (Å²) in [4.78, 5) is 6.94. The summed E-state index contributed by atoms with van der Waals surface area (Å²) in [5.74, 6) is 2.19. The lowest BCUT2D eigenvalue weighted by molar-refractivity contribution is -0.0201. The first-order chi connectivity index (χ1) is 14.4. The van der Waals surface area contributed by atoms with Crippen LogP contribution in [0.3, 0.4) is 0 Å². The highest BCUT2D eigenvalue weighted by Gasteiger charge is 2.25. The predicted octanol–water partition coefficient (Wildman–Crippen LogP) is 2.25. The minimum atomic E-state index is -0.856. The largest absolute Gasteiger partial charge is 0.493 e. The minimum absolute atomic E-state index is 0.419. The molecular formula is C23H40N4O3. The van der Waals surface area contributed by atoms with Crippen molar-refractivity contribution in [2.24, 2.45) is 10.9 Å². The van der Waals surface area contributed by atoms with E-state index in [2.05, 4.69) is 29.4 Å². The zero-order chi connectivity index (χ0) is 21.8. The monoisotopic (exact) mass is 420 g/mol. The van der Waals surface area contributed by atoms with Crippen LogP contribution in [0.15, 0.2) is 29.3 Å². The van der Waals surface area contributed by atoms with E-state index in [0.717, 1.165) is 50.6 Å². The lowest BCUT2D eigenvalue weighted by atomic mass is 10.1. The number of morpholine rings is 1. The number of ether oxygens (including phenoxy) is 2. The number of para-hydroxylation sites is 1. The van der Waals surface area contributed by atoms with Crippen molar-refractivity contribution in [1.29, 1.82) is 0 Å². The molecule has 0 amide bonds. The quantitative estimate of drug-likeness (QED) is 0.376. The molecule has 1 aromatic rings. The molecule has 7 nitrogen and oxygen atoms in total. The molecule has 170 valence electrons. The molecule has 30 heavy (non-hydrogen) atoms. The van der Waals surface area contributed by atoms with Gasteiger partial charge in [-0.3, -0.25) is 4.90 Å². The minimum Gasteiger partial charge on any atom is -0.493 e. The summed E-state index contributed by atoms with van der Waals surface area (Å²) < 4.78 is 11.4. The Morgan fingerprint density at radius 2 is 2.00 bits per heavy atom. The zero-order valence-corrected chi connectivity index (χ0v) is 19.1. The molecule has 1 fully saturated rings. The average Bonchev–Trinajstić information content (AvgIpc) is 2.71. The Balaban J connectivity index is 1.92. The van der Waals surface area contributed by atoms with Crippen LogP contribution in [0.1, 0.15) is 39.7 Å². The van der Waals surface area contributed by atoms with Crippen molar-refractivity contribution >= 4 is 5.96 Å². The number of hydrogen-bond donors (Lipinski definition) is 3. The highest BCUT2D eigenvalue weighted by atomic mass is 16.5. The highest BCUT2D eigenvalue weighted by Crippen LogP contribution is 2.19. The van der Waals surface area contributed by atoms with E-state index in [9.17, 15) is 5.11 Å². The fourth-order valence-corrected chi connectivity index (χ4v) is 3.26. The van der Waals surface area contributed by atoms with E-state index < -0.39 is 5.60 Å². The number of rotatable bonds is 11. The number of nitrogens with zero attached hydrogens (tertiary/aromatic N) is 2. The van der Waals surface area contributed by atoms with Crippen molar-refractivity contribution < 1.29 is 14.6 Å².